The van der Waals surface area contributed by atoms with Crippen LogP contribution in [-0.2, 0) is 5.41 Å². The quantitative estimate of drug-likeness (QED) is 0.205. The Bertz CT molecular complexity index is 2580. The van der Waals surface area contributed by atoms with Crippen molar-refractivity contribution < 1.29 is 0 Å². The molecule has 0 aliphatic carbocycles. The molecule has 8 aromatic rings. The fraction of sp³-hybridized carbons (Fsp3) is 0.0952. The fourth-order valence-corrected chi connectivity index (χ4v) is 6.99. The predicted octanol–water partition coefficient (Wildman–Crippen LogP) is 10.6. The number of benzene rings is 6. The minimum atomic E-state index is -0.306. The van der Waals surface area contributed by atoms with Gasteiger partial charge in [-0.3, -0.25) is 0 Å². The number of nitrogens with zero attached hydrogens (tertiary/aromatic N) is 4. The van der Waals surface area contributed by atoms with Gasteiger partial charge in [0.15, 0.2) is 0 Å². The summed E-state index contributed by atoms with van der Waals surface area (Å²) >= 11 is 0. The minimum absolute atomic E-state index is 0.306. The summed E-state index contributed by atoms with van der Waals surface area (Å²) in [4.78, 5) is 0. The molecule has 0 bridgehead atoms. The van der Waals surface area contributed by atoms with E-state index in [9.17, 15) is 10.5 Å². The second kappa shape index (κ2) is 10.2. The first-order valence-electron chi connectivity index (χ1n) is 15.5. The third kappa shape index (κ3) is 4.12. The lowest BCUT2D eigenvalue weighted by Crippen LogP contribution is -2.15. The number of hydrogen-bond donors (Lipinski definition) is 0. The second-order valence-corrected chi connectivity index (χ2v) is 12.9. The van der Waals surface area contributed by atoms with Crippen LogP contribution in [0.5, 0.6) is 0 Å². The van der Waals surface area contributed by atoms with E-state index in [1.54, 1.807) is 0 Å². The van der Waals surface area contributed by atoms with Crippen molar-refractivity contribution >= 4 is 43.6 Å². The number of fused-ring (bicyclic) bond motifs is 6. The van der Waals surface area contributed by atoms with Gasteiger partial charge in [0.05, 0.1) is 45.0 Å². The van der Waals surface area contributed by atoms with Crippen LogP contribution in [0.15, 0.2) is 127 Å². The lowest BCUT2D eigenvalue weighted by molar-refractivity contribution is 0.588. The maximum atomic E-state index is 10.5. The van der Waals surface area contributed by atoms with Gasteiger partial charge in [-0.05, 0) is 76.7 Å². The minimum Gasteiger partial charge on any atom is -0.309 e. The molecule has 4 nitrogen and oxygen atoms in total. The van der Waals surface area contributed by atoms with Crippen LogP contribution in [-0.4, -0.2) is 9.13 Å². The molecule has 6 aromatic carbocycles. The van der Waals surface area contributed by atoms with E-state index < -0.39 is 0 Å². The van der Waals surface area contributed by atoms with Gasteiger partial charge in [0.2, 0.25) is 0 Å². The lowest BCUT2D eigenvalue weighted by Gasteiger charge is -2.23. The molecular weight excluding hydrogens is 560 g/mol. The summed E-state index contributed by atoms with van der Waals surface area (Å²) in [6.45, 7) is 6.25. The lowest BCUT2D eigenvalue weighted by atomic mass is 9.82. The maximum absolute atomic E-state index is 10.5. The first kappa shape index (κ1) is 27.4. The third-order valence-corrected chi connectivity index (χ3v) is 9.10. The number of nitriles is 2. The van der Waals surface area contributed by atoms with Gasteiger partial charge < -0.3 is 9.13 Å². The van der Waals surface area contributed by atoms with Gasteiger partial charge in [-0.15, -0.1) is 0 Å². The molecule has 0 fully saturated rings. The number of hydrogen-bond acceptors (Lipinski definition) is 2. The Hall–Kier alpha value is -6.10. The highest BCUT2D eigenvalue weighted by Crippen LogP contribution is 2.40. The summed E-state index contributed by atoms with van der Waals surface area (Å²) in [5.74, 6) is 0. The van der Waals surface area contributed by atoms with Crippen molar-refractivity contribution in [2.75, 3.05) is 0 Å². The van der Waals surface area contributed by atoms with Crippen LogP contribution >= 0.6 is 0 Å². The maximum Gasteiger partial charge on any atom is 0.102 e. The van der Waals surface area contributed by atoms with Gasteiger partial charge in [0.1, 0.15) is 6.07 Å². The van der Waals surface area contributed by atoms with E-state index in [-0.39, 0.29) is 5.41 Å². The molecule has 2 aromatic heterocycles. The van der Waals surface area contributed by atoms with Crippen LogP contribution < -0.4 is 0 Å². The molecule has 0 aliphatic rings. The van der Waals surface area contributed by atoms with Gasteiger partial charge in [0, 0.05) is 27.2 Å². The van der Waals surface area contributed by atoms with Crippen molar-refractivity contribution in [3.05, 3.63) is 144 Å². The summed E-state index contributed by atoms with van der Waals surface area (Å²) in [5, 5.41) is 25.1. The van der Waals surface area contributed by atoms with Crippen molar-refractivity contribution in [3.8, 4) is 34.6 Å². The summed E-state index contributed by atoms with van der Waals surface area (Å²) in [6, 6.07) is 49.3. The average molecular weight is 591 g/mol. The van der Waals surface area contributed by atoms with Gasteiger partial charge in [-0.2, -0.15) is 10.5 Å². The Kier molecular flexibility index (Phi) is 6.11. The van der Waals surface area contributed by atoms with Crippen LogP contribution in [0.3, 0.4) is 0 Å². The highest BCUT2D eigenvalue weighted by atomic mass is 15.0. The van der Waals surface area contributed by atoms with Gasteiger partial charge >= 0.3 is 0 Å². The van der Waals surface area contributed by atoms with E-state index in [2.05, 4.69) is 151 Å². The first-order valence-corrected chi connectivity index (χ1v) is 15.5. The SMILES string of the molecule is CC(C)(C)c1cc(C#N)cc(-n2c3ccccc3c3cc(-c4ccc5c6ccccc6n(-c6ccccc6)c5c4)ccc32)c1C#N. The predicted molar refractivity (Wildman–Crippen MR) is 189 cm³/mol. The Morgan fingerprint density at radius 1 is 0.500 bits per heavy atom. The molecule has 0 spiro atoms. The average Bonchev–Trinajstić information content (AvgIpc) is 3.59. The zero-order valence-electron chi connectivity index (χ0n) is 25.9. The van der Waals surface area contributed by atoms with E-state index in [0.29, 0.717) is 11.1 Å². The highest BCUT2D eigenvalue weighted by molar-refractivity contribution is 6.12. The summed E-state index contributed by atoms with van der Waals surface area (Å²) in [7, 11) is 0. The van der Waals surface area contributed by atoms with Crippen LogP contribution in [0, 0.1) is 22.7 Å². The highest BCUT2D eigenvalue weighted by Gasteiger charge is 2.24. The van der Waals surface area contributed by atoms with E-state index in [1.807, 2.05) is 18.2 Å². The fourth-order valence-electron chi connectivity index (χ4n) is 6.99. The molecule has 0 N–H and O–H groups in total. The van der Waals surface area contributed by atoms with E-state index in [4.69, 9.17) is 0 Å². The van der Waals surface area contributed by atoms with Gasteiger partial charge in [0.25, 0.3) is 0 Å². The van der Waals surface area contributed by atoms with Gasteiger partial charge in [-0.1, -0.05) is 93.6 Å². The Balaban J connectivity index is 1.38. The molecule has 0 saturated heterocycles. The van der Waals surface area contributed by atoms with E-state index >= 15 is 0 Å². The zero-order valence-corrected chi connectivity index (χ0v) is 25.9. The van der Waals surface area contributed by atoms with Crippen LogP contribution in [0.1, 0.15) is 37.5 Å². The molecule has 4 heteroatoms. The van der Waals surface area contributed by atoms with Crippen molar-refractivity contribution in [2.45, 2.75) is 26.2 Å². The molecule has 46 heavy (non-hydrogen) atoms. The molecular formula is C42H30N4. The normalized spacial score (nSPS) is 11.8. The third-order valence-electron chi connectivity index (χ3n) is 9.10. The largest absolute Gasteiger partial charge is 0.309 e. The second-order valence-electron chi connectivity index (χ2n) is 12.9. The molecule has 8 rings (SSSR count). The molecule has 0 aliphatic heterocycles. The molecule has 0 atom stereocenters. The van der Waals surface area contributed by atoms with Crippen molar-refractivity contribution in [1.82, 2.24) is 9.13 Å². The van der Waals surface area contributed by atoms with E-state index in [1.165, 1.54) is 16.3 Å². The molecule has 0 saturated carbocycles. The zero-order chi connectivity index (χ0) is 31.6. The molecule has 0 amide bonds. The smallest absolute Gasteiger partial charge is 0.102 e. The number of rotatable bonds is 3. The Morgan fingerprint density at radius 2 is 1.09 bits per heavy atom. The van der Waals surface area contributed by atoms with Crippen molar-refractivity contribution in [3.63, 3.8) is 0 Å². The summed E-state index contributed by atoms with van der Waals surface area (Å²) < 4.78 is 4.50. The van der Waals surface area contributed by atoms with Crippen molar-refractivity contribution in [2.24, 2.45) is 0 Å². The van der Waals surface area contributed by atoms with Crippen molar-refractivity contribution in [1.29, 1.82) is 10.5 Å². The molecule has 0 radical (unpaired) electrons. The molecule has 2 heterocycles. The van der Waals surface area contributed by atoms with Crippen LogP contribution in [0.2, 0.25) is 0 Å². The topological polar surface area (TPSA) is 57.4 Å². The number of para-hydroxylation sites is 3. The summed E-state index contributed by atoms with van der Waals surface area (Å²) in [5.41, 5.74) is 10.2. The van der Waals surface area contributed by atoms with Crippen LogP contribution in [0.25, 0.3) is 66.1 Å². The van der Waals surface area contributed by atoms with Crippen LogP contribution in [0.4, 0.5) is 0 Å². The molecule has 218 valence electrons. The Labute approximate surface area is 267 Å². The van der Waals surface area contributed by atoms with Gasteiger partial charge in [-0.25, -0.2) is 0 Å². The first-order chi connectivity index (χ1) is 22.4. The Morgan fingerprint density at radius 3 is 1.78 bits per heavy atom. The standard InChI is InChI=1S/C42H30N4/c1-42(2,3)36-21-27(25-43)22-40(35(36)26-44)46-38-16-10-8-14-32(38)34-23-28(18-20-39(34)46)29-17-19-33-31-13-7-9-15-37(31)45(41(33)24-29)30-11-5-4-6-12-30/h4-24H,1-3H3. The molecule has 0 unspecified atom stereocenters. The van der Waals surface area contributed by atoms with E-state index in [0.717, 1.165) is 55.4 Å². The number of aromatic nitrogens is 2. The summed E-state index contributed by atoms with van der Waals surface area (Å²) in [6.07, 6.45) is 0. The monoisotopic (exact) mass is 590 g/mol.